The van der Waals surface area contributed by atoms with Crippen molar-refractivity contribution in [2.24, 2.45) is 0 Å². The number of rotatable bonds is 6. The van der Waals surface area contributed by atoms with Crippen LogP contribution in [0.4, 0.5) is 0 Å². The number of carbonyl (C=O) groups is 1. The summed E-state index contributed by atoms with van der Waals surface area (Å²) >= 11 is 0. The van der Waals surface area contributed by atoms with E-state index in [1.165, 1.54) is 0 Å². The van der Waals surface area contributed by atoms with E-state index >= 15 is 0 Å². The van der Waals surface area contributed by atoms with Crippen molar-refractivity contribution in [3.8, 4) is 0 Å². The third kappa shape index (κ3) is 11.5. The van der Waals surface area contributed by atoms with E-state index in [-0.39, 0.29) is 29.1 Å². The number of esters is 1. The highest BCUT2D eigenvalue weighted by molar-refractivity contribution is 5.81. The van der Waals surface area contributed by atoms with Crippen molar-refractivity contribution in [2.75, 3.05) is 40.4 Å². The first kappa shape index (κ1) is 20.0. The fraction of sp³-hybridized carbons (Fsp3) is 0.667. The van der Waals surface area contributed by atoms with E-state index < -0.39 is 5.97 Å². The Bertz CT molecular complexity index is 185. The molecule has 15 heavy (non-hydrogen) atoms. The van der Waals surface area contributed by atoms with Crippen LogP contribution in [0.15, 0.2) is 12.7 Å². The van der Waals surface area contributed by atoms with Gasteiger partial charge >= 0.3 is 5.97 Å². The predicted molar refractivity (Wildman–Crippen MR) is 53.7 cm³/mol. The van der Waals surface area contributed by atoms with Crippen LogP contribution in [0.1, 0.15) is 0 Å². The van der Waals surface area contributed by atoms with Crippen LogP contribution in [-0.2, 0) is 9.53 Å². The minimum atomic E-state index is -0.399. The molecule has 0 unspecified atom stereocenters. The van der Waals surface area contributed by atoms with Crippen molar-refractivity contribution in [1.29, 1.82) is 0 Å². The maximum Gasteiger partial charge on any atom is 0.330 e. The summed E-state index contributed by atoms with van der Waals surface area (Å²) in [6, 6.07) is 0. The van der Waals surface area contributed by atoms with Gasteiger partial charge in [-0.25, -0.2) is 4.79 Å². The van der Waals surface area contributed by atoms with Crippen LogP contribution in [0.3, 0.4) is 0 Å². The largest absolute Gasteiger partial charge is 1.00 e. The number of aliphatic hydroxyl groups is 1. The van der Waals surface area contributed by atoms with Gasteiger partial charge in [0, 0.05) is 6.08 Å². The van der Waals surface area contributed by atoms with Gasteiger partial charge in [-0.05, 0) is 0 Å². The molecule has 0 heterocycles. The van der Waals surface area contributed by atoms with Gasteiger partial charge in [0.05, 0.1) is 20.7 Å². The molecule has 0 aliphatic rings. The van der Waals surface area contributed by atoms with Crippen molar-refractivity contribution < 1.29 is 41.6 Å². The van der Waals surface area contributed by atoms with Crippen LogP contribution >= 0.6 is 0 Å². The van der Waals surface area contributed by atoms with Crippen molar-refractivity contribution >= 4 is 5.97 Å². The lowest BCUT2D eigenvalue weighted by Crippen LogP contribution is -3.00. The summed E-state index contributed by atoms with van der Waals surface area (Å²) in [7, 11) is 3.94. The number of nitrogens with zero attached hydrogens (tertiary/aromatic N) is 1. The molecule has 6 heteroatoms. The smallest absolute Gasteiger partial charge is 0.330 e. The Morgan fingerprint density at radius 2 is 2.00 bits per heavy atom. The lowest BCUT2D eigenvalue weighted by atomic mass is 10.4. The topological polar surface area (TPSA) is 78.0 Å². The fourth-order valence-electron chi connectivity index (χ4n) is 0.835. The Balaban J connectivity index is -0.000000720. The molecule has 0 aliphatic carbocycles. The molecule has 0 rings (SSSR count). The summed E-state index contributed by atoms with van der Waals surface area (Å²) in [5, 5.41) is 8.72. The molecule has 0 spiro atoms. The second-order valence-corrected chi connectivity index (χ2v) is 3.48. The maximum atomic E-state index is 10.7. The lowest BCUT2D eigenvalue weighted by Gasteiger charge is -2.28. The van der Waals surface area contributed by atoms with Crippen LogP contribution in [0.2, 0.25) is 0 Å². The Morgan fingerprint density at radius 3 is 2.40 bits per heavy atom. The average molecular weight is 286 g/mol. The van der Waals surface area contributed by atoms with Gasteiger partial charge in [-0.1, -0.05) is 6.58 Å². The minimum absolute atomic E-state index is 0. The third-order valence-electron chi connectivity index (χ3n) is 1.81. The summed E-state index contributed by atoms with van der Waals surface area (Å²) in [6.07, 6.45) is 1.14. The highest BCUT2D eigenvalue weighted by atomic mass is 79.9. The molecule has 5 nitrogen and oxygen atoms in total. The van der Waals surface area contributed by atoms with Gasteiger partial charge in [0.25, 0.3) is 0 Å². The number of quaternary nitrogens is 1. The van der Waals surface area contributed by atoms with E-state index in [2.05, 4.69) is 6.58 Å². The number of aliphatic hydroxyl groups excluding tert-OH is 1. The molecule has 0 aromatic rings. The molecule has 0 bridgehead atoms. The SMILES string of the molecule is C=CC(=O)OCC[N+](C)(C)CCO.O.[Br-]. The Hall–Kier alpha value is -0.430. The molecule has 0 saturated carbocycles. The second kappa shape index (κ2) is 10.1. The van der Waals surface area contributed by atoms with Crippen molar-refractivity contribution in [3.05, 3.63) is 12.7 Å². The molecule has 0 amide bonds. The quantitative estimate of drug-likeness (QED) is 0.307. The van der Waals surface area contributed by atoms with Gasteiger partial charge in [-0.15, -0.1) is 0 Å². The molecule has 92 valence electrons. The Kier molecular flexibility index (Phi) is 13.5. The van der Waals surface area contributed by atoms with Gasteiger partial charge in [-0.3, -0.25) is 0 Å². The molecule has 0 fully saturated rings. The molecular weight excluding hydrogens is 266 g/mol. The number of carbonyl (C=O) groups excluding carboxylic acids is 1. The predicted octanol–water partition coefficient (Wildman–Crippen LogP) is -4.04. The first-order valence-electron chi connectivity index (χ1n) is 4.24. The van der Waals surface area contributed by atoms with Crippen LogP contribution in [0, 0.1) is 0 Å². The fourth-order valence-corrected chi connectivity index (χ4v) is 0.835. The van der Waals surface area contributed by atoms with Crippen LogP contribution in [-0.4, -0.2) is 61.4 Å². The third-order valence-corrected chi connectivity index (χ3v) is 1.81. The number of ether oxygens (including phenoxy) is 1. The number of hydrogen-bond acceptors (Lipinski definition) is 3. The number of likely N-dealkylation sites (N-methyl/N-ethyl adjacent to an activating group) is 1. The van der Waals surface area contributed by atoms with Gasteiger partial charge in [0.2, 0.25) is 0 Å². The normalized spacial score (nSPS) is 9.53. The first-order chi connectivity index (χ1) is 6.02. The highest BCUT2D eigenvalue weighted by Crippen LogP contribution is 1.95. The minimum Gasteiger partial charge on any atom is -1.00 e. The average Bonchev–Trinajstić information content (AvgIpc) is 2.03. The van der Waals surface area contributed by atoms with Gasteiger partial charge in [0.1, 0.15) is 19.7 Å². The summed E-state index contributed by atoms with van der Waals surface area (Å²) in [5.74, 6) is -0.399. The van der Waals surface area contributed by atoms with E-state index in [0.717, 1.165) is 6.08 Å². The summed E-state index contributed by atoms with van der Waals surface area (Å²) in [5.41, 5.74) is 0. The molecule has 3 N–H and O–H groups in total. The van der Waals surface area contributed by atoms with Crippen molar-refractivity contribution in [3.63, 3.8) is 0 Å². The molecule has 0 aromatic heterocycles. The Labute approximate surface area is 101 Å². The zero-order valence-corrected chi connectivity index (χ0v) is 10.8. The lowest BCUT2D eigenvalue weighted by molar-refractivity contribution is -0.890. The molecule has 0 atom stereocenters. The molecule has 0 saturated heterocycles. The summed E-state index contributed by atoms with van der Waals surface area (Å²) < 4.78 is 5.46. The maximum absolute atomic E-state index is 10.7. The zero-order chi connectivity index (χ0) is 10.3. The van der Waals surface area contributed by atoms with Gasteiger partial charge in [-0.2, -0.15) is 0 Å². The van der Waals surface area contributed by atoms with Crippen LogP contribution < -0.4 is 17.0 Å². The van der Waals surface area contributed by atoms with E-state index in [1.807, 2.05) is 14.1 Å². The molecule has 0 aliphatic heterocycles. The Morgan fingerprint density at radius 1 is 1.47 bits per heavy atom. The summed E-state index contributed by atoms with van der Waals surface area (Å²) in [4.78, 5) is 10.7. The molecular formula is C9H20BrNO4. The van der Waals surface area contributed by atoms with Gasteiger partial charge < -0.3 is 36.8 Å². The van der Waals surface area contributed by atoms with Crippen molar-refractivity contribution in [1.82, 2.24) is 0 Å². The van der Waals surface area contributed by atoms with E-state index in [9.17, 15) is 4.79 Å². The van der Waals surface area contributed by atoms with Crippen LogP contribution in [0.25, 0.3) is 0 Å². The number of hydrogen-bond donors (Lipinski definition) is 1. The van der Waals surface area contributed by atoms with Gasteiger partial charge in [0.15, 0.2) is 0 Å². The van der Waals surface area contributed by atoms with E-state index in [4.69, 9.17) is 9.84 Å². The highest BCUT2D eigenvalue weighted by Gasteiger charge is 2.13. The standard InChI is InChI=1S/C9H18NO3.BrH.H2O/c1-4-9(12)13-8-6-10(2,3)5-7-11;;/h4,11H,1,5-8H2,2-3H3;1H;1H2/q+1;;/p-1. The first-order valence-corrected chi connectivity index (χ1v) is 4.24. The summed E-state index contributed by atoms with van der Waals surface area (Å²) in [6.45, 7) is 5.15. The van der Waals surface area contributed by atoms with Crippen LogP contribution in [0.5, 0.6) is 0 Å². The number of halogens is 1. The van der Waals surface area contributed by atoms with Crippen molar-refractivity contribution in [2.45, 2.75) is 0 Å². The monoisotopic (exact) mass is 285 g/mol. The second-order valence-electron chi connectivity index (χ2n) is 3.48. The van der Waals surface area contributed by atoms with E-state index in [0.29, 0.717) is 24.2 Å². The molecule has 0 aromatic carbocycles. The molecule has 0 radical (unpaired) electrons. The van der Waals surface area contributed by atoms with E-state index in [1.54, 1.807) is 0 Å². The zero-order valence-electron chi connectivity index (χ0n) is 9.20.